The van der Waals surface area contributed by atoms with Gasteiger partial charge in [-0.05, 0) is 52.9 Å². The molecule has 0 bridgehead atoms. The quantitative estimate of drug-likeness (QED) is 0.402. The zero-order chi connectivity index (χ0) is 27.7. The van der Waals surface area contributed by atoms with Crippen molar-refractivity contribution in [2.45, 2.75) is 57.5 Å². The fraction of sp³-hybridized carbons (Fsp3) is 0.357. The number of pyridine rings is 1. The molecule has 4 rings (SSSR count). The Morgan fingerprint density at radius 1 is 1.08 bits per heavy atom. The highest BCUT2D eigenvalue weighted by Crippen LogP contribution is 2.39. The Morgan fingerprint density at radius 2 is 1.71 bits per heavy atom. The summed E-state index contributed by atoms with van der Waals surface area (Å²) in [6.45, 7) is 6.95. The number of amides is 1. The third-order valence-corrected chi connectivity index (χ3v) is 8.48. The van der Waals surface area contributed by atoms with E-state index in [1.807, 2.05) is 6.07 Å². The van der Waals surface area contributed by atoms with E-state index in [0.717, 1.165) is 34.5 Å². The molecule has 0 radical (unpaired) electrons. The van der Waals surface area contributed by atoms with Crippen molar-refractivity contribution >= 4 is 15.7 Å². The number of fused-ring (bicyclic) bond motifs is 1. The van der Waals surface area contributed by atoms with Gasteiger partial charge in [0.25, 0.3) is 5.91 Å². The van der Waals surface area contributed by atoms with Gasteiger partial charge in [-0.25, -0.2) is 8.42 Å². The van der Waals surface area contributed by atoms with Crippen molar-refractivity contribution in [3.63, 3.8) is 0 Å². The van der Waals surface area contributed by atoms with Gasteiger partial charge in [-0.1, -0.05) is 45.0 Å². The van der Waals surface area contributed by atoms with Crippen LogP contribution in [0.15, 0.2) is 65.7 Å². The topological polar surface area (TPSA) is 79.4 Å². The van der Waals surface area contributed by atoms with Crippen molar-refractivity contribution in [3.05, 3.63) is 94.3 Å². The first-order valence-corrected chi connectivity index (χ1v) is 14.0. The first-order chi connectivity index (χ1) is 17.9. The zero-order valence-corrected chi connectivity index (χ0v) is 22.2. The molecule has 0 saturated carbocycles. The van der Waals surface area contributed by atoms with Gasteiger partial charge >= 0.3 is 6.18 Å². The van der Waals surface area contributed by atoms with Crippen LogP contribution in [0.2, 0.25) is 0 Å². The van der Waals surface area contributed by atoms with Gasteiger partial charge in [0.1, 0.15) is 0 Å². The van der Waals surface area contributed by atoms with Crippen molar-refractivity contribution in [2.75, 3.05) is 5.75 Å². The van der Waals surface area contributed by atoms with Crippen molar-refractivity contribution in [1.82, 2.24) is 15.2 Å². The number of nitrogens with zero attached hydrogens (tertiary/aromatic N) is 2. The van der Waals surface area contributed by atoms with Crippen LogP contribution in [0.25, 0.3) is 0 Å². The van der Waals surface area contributed by atoms with Crippen LogP contribution in [0.1, 0.15) is 65.1 Å². The number of benzene rings is 2. The highest BCUT2D eigenvalue weighted by atomic mass is 32.2. The Hall–Kier alpha value is -3.24. The molecule has 6 nitrogen and oxygen atoms in total. The number of carbonyl (C=O) groups is 1. The van der Waals surface area contributed by atoms with Crippen LogP contribution >= 0.6 is 0 Å². The first-order valence-electron chi connectivity index (χ1n) is 12.4. The van der Waals surface area contributed by atoms with Crippen molar-refractivity contribution < 1.29 is 26.4 Å². The molecule has 3 aromatic rings. The molecule has 0 saturated heterocycles. The molecule has 10 heteroatoms. The molecular formula is C28H30F3N3O3S. The molecule has 1 amide bonds. The molecule has 1 aliphatic rings. The predicted octanol–water partition coefficient (Wildman–Crippen LogP) is 5.54. The summed E-state index contributed by atoms with van der Waals surface area (Å²) in [4.78, 5) is 19.9. The monoisotopic (exact) mass is 545 g/mol. The molecule has 1 atom stereocenters. The summed E-state index contributed by atoms with van der Waals surface area (Å²) in [5, 5.41) is 2.85. The van der Waals surface area contributed by atoms with E-state index < -0.39 is 21.6 Å². The van der Waals surface area contributed by atoms with Crippen molar-refractivity contribution in [3.8, 4) is 0 Å². The molecule has 0 fully saturated rings. The maximum atomic E-state index is 12.9. The molecule has 0 aliphatic carbocycles. The summed E-state index contributed by atoms with van der Waals surface area (Å²) in [5.74, 6) is -0.0707. The lowest BCUT2D eigenvalue weighted by molar-refractivity contribution is -0.137. The third kappa shape index (κ3) is 6.07. The number of aromatic nitrogens is 1. The largest absolute Gasteiger partial charge is 0.416 e. The molecule has 1 aromatic heterocycles. The Bertz CT molecular complexity index is 1400. The molecule has 2 aromatic carbocycles. The molecule has 1 aliphatic heterocycles. The minimum Gasteiger partial charge on any atom is -0.348 e. The van der Waals surface area contributed by atoms with E-state index in [1.54, 1.807) is 25.3 Å². The number of hydrogen-bond donors (Lipinski definition) is 1. The van der Waals surface area contributed by atoms with Crippen LogP contribution in [-0.2, 0) is 35.6 Å². The van der Waals surface area contributed by atoms with Gasteiger partial charge in [-0.2, -0.15) is 13.2 Å². The molecule has 1 N–H and O–H groups in total. The van der Waals surface area contributed by atoms with Crippen LogP contribution in [0, 0.1) is 5.92 Å². The number of alkyl halides is 3. The molecular weight excluding hydrogens is 515 g/mol. The summed E-state index contributed by atoms with van der Waals surface area (Å²) in [6.07, 6.45) is -2.83. The van der Waals surface area contributed by atoms with Gasteiger partial charge in [0.05, 0.1) is 33.5 Å². The smallest absolute Gasteiger partial charge is 0.348 e. The number of sulfone groups is 1. The maximum absolute atomic E-state index is 12.9. The van der Waals surface area contributed by atoms with Gasteiger partial charge in [0.2, 0.25) is 0 Å². The van der Waals surface area contributed by atoms with Crippen LogP contribution in [0.5, 0.6) is 0 Å². The fourth-order valence-electron chi connectivity index (χ4n) is 4.72. The summed E-state index contributed by atoms with van der Waals surface area (Å²) in [5.41, 5.74) is 3.06. The highest BCUT2D eigenvalue weighted by molar-refractivity contribution is 7.91. The molecule has 0 unspecified atom stereocenters. The number of halogens is 3. The van der Waals surface area contributed by atoms with Gasteiger partial charge in [0.15, 0.2) is 9.84 Å². The van der Waals surface area contributed by atoms with Crippen LogP contribution < -0.4 is 5.32 Å². The summed E-state index contributed by atoms with van der Waals surface area (Å²) >= 11 is 0. The molecule has 2 heterocycles. The van der Waals surface area contributed by atoms with Gasteiger partial charge in [-0.3, -0.25) is 14.7 Å². The summed E-state index contributed by atoms with van der Waals surface area (Å²) < 4.78 is 62.7. The Balaban J connectivity index is 1.44. The van der Waals surface area contributed by atoms with Crippen molar-refractivity contribution in [1.29, 1.82) is 0 Å². The lowest BCUT2D eigenvalue weighted by Gasteiger charge is -2.27. The third-order valence-electron chi connectivity index (χ3n) is 6.72. The normalized spacial score (nSPS) is 16.0. The van der Waals surface area contributed by atoms with Crippen LogP contribution in [0.3, 0.4) is 0 Å². The Labute approximate surface area is 220 Å². The molecule has 0 spiro atoms. The number of nitrogens with one attached hydrogen (secondary N) is 1. The van der Waals surface area contributed by atoms with E-state index >= 15 is 0 Å². The Morgan fingerprint density at radius 3 is 2.29 bits per heavy atom. The lowest BCUT2D eigenvalue weighted by atomic mass is 9.99. The minimum atomic E-state index is -4.37. The predicted molar refractivity (Wildman–Crippen MR) is 138 cm³/mol. The van der Waals surface area contributed by atoms with E-state index in [0.29, 0.717) is 18.7 Å². The van der Waals surface area contributed by atoms with Crippen LogP contribution in [-0.4, -0.2) is 30.0 Å². The van der Waals surface area contributed by atoms with E-state index in [1.165, 1.54) is 24.3 Å². The number of rotatable bonds is 8. The van der Waals surface area contributed by atoms with E-state index in [2.05, 4.69) is 29.0 Å². The molecule has 202 valence electrons. The number of hydrogen-bond acceptors (Lipinski definition) is 5. The average molecular weight is 546 g/mol. The lowest BCUT2D eigenvalue weighted by Crippen LogP contribution is -2.25. The Kier molecular flexibility index (Phi) is 7.94. The zero-order valence-electron chi connectivity index (χ0n) is 21.4. The SMILES string of the molecule is CCS(=O)(=O)c1ccc(CNC(=O)c2cnc3c(c2)CN(Cc2ccc(C(F)(F)F)cc2)[C@H]3C(C)C)cc1. The van der Waals surface area contributed by atoms with Gasteiger partial charge in [0, 0.05) is 25.8 Å². The van der Waals surface area contributed by atoms with E-state index in [4.69, 9.17) is 0 Å². The van der Waals surface area contributed by atoms with E-state index in [9.17, 15) is 26.4 Å². The minimum absolute atomic E-state index is 0.0217. The summed E-state index contributed by atoms with van der Waals surface area (Å²) in [6, 6.07) is 13.4. The standard InChI is InChI=1S/C28H30F3N3O3S/c1-4-38(36,37)24-11-7-19(8-12-24)14-33-27(35)21-13-22-17-34(26(18(2)3)25(22)32-15-21)16-20-5-9-23(10-6-20)28(29,30)31/h5-13,15,18,26H,4,14,16-17H2,1-3H3,(H,33,35)/t26-/m0/s1. The van der Waals surface area contributed by atoms with Crippen molar-refractivity contribution in [2.24, 2.45) is 5.92 Å². The second-order valence-corrected chi connectivity index (χ2v) is 12.1. The first kappa shape index (κ1) is 27.8. The average Bonchev–Trinajstić information content (AvgIpc) is 3.24. The van der Waals surface area contributed by atoms with Gasteiger partial charge in [-0.15, -0.1) is 0 Å². The summed E-state index contributed by atoms with van der Waals surface area (Å²) in [7, 11) is -3.28. The fourth-order valence-corrected chi connectivity index (χ4v) is 5.60. The molecule has 38 heavy (non-hydrogen) atoms. The highest BCUT2D eigenvalue weighted by Gasteiger charge is 2.35. The second-order valence-electron chi connectivity index (χ2n) is 9.79. The second kappa shape index (κ2) is 10.9. The van der Waals surface area contributed by atoms with Gasteiger partial charge < -0.3 is 5.32 Å². The van der Waals surface area contributed by atoms with E-state index in [-0.39, 0.29) is 35.1 Å². The maximum Gasteiger partial charge on any atom is 0.416 e. The van der Waals surface area contributed by atoms with Crippen LogP contribution in [0.4, 0.5) is 13.2 Å². The number of carbonyl (C=O) groups excluding carboxylic acids is 1.